The maximum Gasteiger partial charge on any atom is 0.119 e. The van der Waals surface area contributed by atoms with Crippen molar-refractivity contribution in [1.29, 1.82) is 0 Å². The van der Waals surface area contributed by atoms with E-state index in [1.807, 2.05) is 26.0 Å². The topological polar surface area (TPSA) is 44.5 Å². The van der Waals surface area contributed by atoms with Crippen molar-refractivity contribution in [2.24, 2.45) is 5.73 Å². The van der Waals surface area contributed by atoms with Gasteiger partial charge in [-0.25, -0.2) is 0 Å². The molecule has 0 aliphatic carbocycles. The standard InChI is InChI=1S/C15H23NO2/c1-12(2)18-14-5-3-13(4-6-14)11-15(16)7-9-17-10-8-15/h3-6,12H,7-11,16H2,1-2H3. The summed E-state index contributed by atoms with van der Waals surface area (Å²) in [6.07, 6.45) is 3.01. The van der Waals surface area contributed by atoms with Crippen LogP contribution in [0, 0.1) is 0 Å². The molecule has 0 bridgehead atoms. The first-order valence-electron chi connectivity index (χ1n) is 6.70. The van der Waals surface area contributed by atoms with Crippen LogP contribution in [0.1, 0.15) is 32.3 Å². The summed E-state index contributed by atoms with van der Waals surface area (Å²) in [7, 11) is 0. The SMILES string of the molecule is CC(C)Oc1ccc(CC2(N)CCOCC2)cc1. The second kappa shape index (κ2) is 5.72. The Morgan fingerprint density at radius 1 is 1.22 bits per heavy atom. The number of ether oxygens (including phenoxy) is 2. The van der Waals surface area contributed by atoms with Gasteiger partial charge in [0.05, 0.1) is 6.10 Å². The summed E-state index contributed by atoms with van der Waals surface area (Å²) in [5.41, 5.74) is 7.57. The summed E-state index contributed by atoms with van der Waals surface area (Å²) >= 11 is 0. The summed E-state index contributed by atoms with van der Waals surface area (Å²) in [4.78, 5) is 0. The van der Waals surface area contributed by atoms with Crippen LogP contribution in [0.3, 0.4) is 0 Å². The van der Waals surface area contributed by atoms with Crippen molar-refractivity contribution in [3.63, 3.8) is 0 Å². The predicted molar refractivity (Wildman–Crippen MR) is 72.9 cm³/mol. The van der Waals surface area contributed by atoms with Crippen LogP contribution in [0.2, 0.25) is 0 Å². The first kappa shape index (κ1) is 13.4. The fourth-order valence-corrected chi connectivity index (χ4v) is 2.32. The van der Waals surface area contributed by atoms with Crippen LogP contribution in [0.4, 0.5) is 0 Å². The Morgan fingerprint density at radius 2 is 1.83 bits per heavy atom. The van der Waals surface area contributed by atoms with Crippen LogP contribution in [-0.4, -0.2) is 24.9 Å². The molecule has 0 atom stereocenters. The Balaban J connectivity index is 1.97. The molecule has 1 heterocycles. The van der Waals surface area contributed by atoms with Crippen LogP contribution in [0.25, 0.3) is 0 Å². The number of hydrogen-bond acceptors (Lipinski definition) is 3. The van der Waals surface area contributed by atoms with Crippen LogP contribution in [0.5, 0.6) is 5.75 Å². The van der Waals surface area contributed by atoms with E-state index in [1.54, 1.807) is 0 Å². The van der Waals surface area contributed by atoms with E-state index < -0.39 is 0 Å². The Hall–Kier alpha value is -1.06. The Morgan fingerprint density at radius 3 is 2.39 bits per heavy atom. The highest BCUT2D eigenvalue weighted by Gasteiger charge is 2.27. The van der Waals surface area contributed by atoms with Crippen LogP contribution in [0.15, 0.2) is 24.3 Å². The van der Waals surface area contributed by atoms with E-state index >= 15 is 0 Å². The van der Waals surface area contributed by atoms with Gasteiger partial charge in [0.15, 0.2) is 0 Å². The van der Waals surface area contributed by atoms with Crippen molar-refractivity contribution in [2.75, 3.05) is 13.2 Å². The lowest BCUT2D eigenvalue weighted by atomic mass is 9.85. The van der Waals surface area contributed by atoms with E-state index in [4.69, 9.17) is 15.2 Å². The van der Waals surface area contributed by atoms with E-state index in [0.717, 1.165) is 38.2 Å². The first-order chi connectivity index (χ1) is 8.57. The average molecular weight is 249 g/mol. The summed E-state index contributed by atoms with van der Waals surface area (Å²) in [5.74, 6) is 0.923. The summed E-state index contributed by atoms with van der Waals surface area (Å²) in [6, 6.07) is 8.28. The zero-order valence-corrected chi connectivity index (χ0v) is 11.3. The zero-order chi connectivity index (χ0) is 13.0. The Kier molecular flexibility index (Phi) is 4.25. The minimum absolute atomic E-state index is 0.0985. The molecule has 0 saturated carbocycles. The van der Waals surface area contributed by atoms with Gasteiger partial charge in [0.1, 0.15) is 5.75 Å². The molecular weight excluding hydrogens is 226 g/mol. The summed E-state index contributed by atoms with van der Waals surface area (Å²) < 4.78 is 11.0. The van der Waals surface area contributed by atoms with Crippen molar-refractivity contribution in [2.45, 2.75) is 44.8 Å². The van der Waals surface area contributed by atoms with Crippen molar-refractivity contribution in [3.8, 4) is 5.75 Å². The number of nitrogens with two attached hydrogens (primary N) is 1. The Bertz CT molecular complexity index is 367. The molecule has 1 aromatic carbocycles. The molecule has 1 aliphatic rings. The van der Waals surface area contributed by atoms with Crippen LogP contribution in [-0.2, 0) is 11.2 Å². The second-order valence-electron chi connectivity index (χ2n) is 5.46. The van der Waals surface area contributed by atoms with E-state index in [-0.39, 0.29) is 11.6 Å². The molecule has 1 fully saturated rings. The molecule has 3 nitrogen and oxygen atoms in total. The third-order valence-corrected chi connectivity index (χ3v) is 3.34. The maximum atomic E-state index is 6.40. The molecule has 3 heteroatoms. The predicted octanol–water partition coefficient (Wildman–Crippen LogP) is 2.52. The molecule has 1 aromatic rings. The third kappa shape index (κ3) is 3.72. The van der Waals surface area contributed by atoms with Gasteiger partial charge in [0, 0.05) is 18.8 Å². The lowest BCUT2D eigenvalue weighted by Crippen LogP contribution is -2.46. The van der Waals surface area contributed by atoms with E-state index in [1.165, 1.54) is 5.56 Å². The average Bonchev–Trinajstić information content (AvgIpc) is 2.31. The molecule has 0 unspecified atom stereocenters. The third-order valence-electron chi connectivity index (χ3n) is 3.34. The molecular formula is C15H23NO2. The highest BCUT2D eigenvalue weighted by molar-refractivity contribution is 5.28. The molecule has 1 aliphatic heterocycles. The monoisotopic (exact) mass is 249 g/mol. The maximum absolute atomic E-state index is 6.40. The largest absolute Gasteiger partial charge is 0.491 e. The van der Waals surface area contributed by atoms with Gasteiger partial charge in [-0.05, 0) is 50.8 Å². The molecule has 2 N–H and O–H groups in total. The first-order valence-corrected chi connectivity index (χ1v) is 6.70. The Labute approximate surface area is 109 Å². The smallest absolute Gasteiger partial charge is 0.119 e. The van der Waals surface area contributed by atoms with Gasteiger partial charge in [-0.2, -0.15) is 0 Å². The molecule has 100 valence electrons. The molecule has 0 radical (unpaired) electrons. The normalized spacial score (nSPS) is 18.9. The van der Waals surface area contributed by atoms with Gasteiger partial charge in [0.25, 0.3) is 0 Å². The van der Waals surface area contributed by atoms with Gasteiger partial charge >= 0.3 is 0 Å². The second-order valence-corrected chi connectivity index (χ2v) is 5.46. The quantitative estimate of drug-likeness (QED) is 0.891. The molecule has 2 rings (SSSR count). The van der Waals surface area contributed by atoms with Crippen molar-refractivity contribution in [1.82, 2.24) is 0 Å². The van der Waals surface area contributed by atoms with Gasteiger partial charge in [0.2, 0.25) is 0 Å². The minimum Gasteiger partial charge on any atom is -0.491 e. The van der Waals surface area contributed by atoms with Crippen LogP contribution >= 0.6 is 0 Å². The molecule has 0 spiro atoms. The van der Waals surface area contributed by atoms with Gasteiger partial charge < -0.3 is 15.2 Å². The van der Waals surface area contributed by atoms with E-state index in [9.17, 15) is 0 Å². The van der Waals surface area contributed by atoms with Gasteiger partial charge in [-0.15, -0.1) is 0 Å². The van der Waals surface area contributed by atoms with Crippen LogP contribution < -0.4 is 10.5 Å². The molecule has 0 aromatic heterocycles. The van der Waals surface area contributed by atoms with Crippen molar-refractivity contribution >= 4 is 0 Å². The summed E-state index contributed by atoms with van der Waals surface area (Å²) in [6.45, 7) is 5.63. The lowest BCUT2D eigenvalue weighted by Gasteiger charge is -2.33. The molecule has 18 heavy (non-hydrogen) atoms. The number of benzene rings is 1. The molecule has 1 saturated heterocycles. The zero-order valence-electron chi connectivity index (χ0n) is 11.3. The summed E-state index contributed by atoms with van der Waals surface area (Å²) in [5, 5.41) is 0. The van der Waals surface area contributed by atoms with Crippen molar-refractivity contribution < 1.29 is 9.47 Å². The fourth-order valence-electron chi connectivity index (χ4n) is 2.32. The van der Waals surface area contributed by atoms with E-state index in [0.29, 0.717) is 0 Å². The molecule has 0 amide bonds. The number of hydrogen-bond donors (Lipinski definition) is 1. The lowest BCUT2D eigenvalue weighted by molar-refractivity contribution is 0.0533. The highest BCUT2D eigenvalue weighted by atomic mass is 16.5. The van der Waals surface area contributed by atoms with Gasteiger partial charge in [-0.1, -0.05) is 12.1 Å². The van der Waals surface area contributed by atoms with Gasteiger partial charge in [-0.3, -0.25) is 0 Å². The number of rotatable bonds is 4. The highest BCUT2D eigenvalue weighted by Crippen LogP contribution is 2.24. The van der Waals surface area contributed by atoms with E-state index in [2.05, 4.69) is 12.1 Å². The van der Waals surface area contributed by atoms with Crippen molar-refractivity contribution in [3.05, 3.63) is 29.8 Å². The fraction of sp³-hybridized carbons (Fsp3) is 0.600. The minimum atomic E-state index is -0.0985.